The maximum Gasteiger partial charge on any atom is 0.197 e. The van der Waals surface area contributed by atoms with Gasteiger partial charge in [0.05, 0.1) is 6.26 Å². The van der Waals surface area contributed by atoms with Crippen molar-refractivity contribution in [3.63, 3.8) is 0 Å². The van der Waals surface area contributed by atoms with E-state index < -0.39 is 0 Å². The van der Waals surface area contributed by atoms with Gasteiger partial charge in [0.2, 0.25) is 0 Å². The van der Waals surface area contributed by atoms with E-state index in [4.69, 9.17) is 4.42 Å². The molecule has 1 aromatic heterocycles. The van der Waals surface area contributed by atoms with Crippen molar-refractivity contribution in [2.75, 3.05) is 0 Å². The molecule has 0 amide bonds. The van der Waals surface area contributed by atoms with Crippen molar-refractivity contribution in [1.82, 2.24) is 0 Å². The summed E-state index contributed by atoms with van der Waals surface area (Å²) in [5.41, 5.74) is 0. The van der Waals surface area contributed by atoms with Crippen LogP contribution in [0.3, 0.4) is 0 Å². The van der Waals surface area contributed by atoms with Gasteiger partial charge in [-0.2, -0.15) is 0 Å². The first kappa shape index (κ1) is 12.0. The molecule has 1 unspecified atom stereocenters. The molecule has 1 rings (SSSR count). The molecule has 0 aliphatic rings. The van der Waals surface area contributed by atoms with Crippen molar-refractivity contribution in [3.8, 4) is 0 Å². The fourth-order valence-corrected chi connectivity index (χ4v) is 1.54. The zero-order valence-corrected chi connectivity index (χ0v) is 9.66. The van der Waals surface area contributed by atoms with E-state index in [1.165, 1.54) is 12.8 Å². The van der Waals surface area contributed by atoms with Crippen LogP contribution < -0.4 is 0 Å². The van der Waals surface area contributed by atoms with Gasteiger partial charge in [-0.25, -0.2) is 0 Å². The number of rotatable bonds is 7. The Kier molecular flexibility index (Phi) is 5.16. The third-order valence-corrected chi connectivity index (χ3v) is 2.84. The standard InChI is InChI=1S/C13H20O2/c1-3-11(2)7-4-5-8-12(14)13-9-6-10-15-13/h6,9-11H,3-5,7-8H2,1-2H3. The summed E-state index contributed by atoms with van der Waals surface area (Å²) < 4.78 is 5.05. The molecule has 0 radical (unpaired) electrons. The van der Waals surface area contributed by atoms with Crippen molar-refractivity contribution < 1.29 is 9.21 Å². The van der Waals surface area contributed by atoms with Crippen molar-refractivity contribution in [2.45, 2.75) is 46.0 Å². The summed E-state index contributed by atoms with van der Waals surface area (Å²) in [6.45, 7) is 4.47. The van der Waals surface area contributed by atoms with Crippen LogP contribution in [-0.4, -0.2) is 5.78 Å². The van der Waals surface area contributed by atoms with Crippen LogP contribution >= 0.6 is 0 Å². The molecule has 2 heteroatoms. The highest BCUT2D eigenvalue weighted by atomic mass is 16.3. The van der Waals surface area contributed by atoms with Gasteiger partial charge in [-0.1, -0.05) is 33.1 Å². The van der Waals surface area contributed by atoms with Crippen LogP contribution in [-0.2, 0) is 0 Å². The second-order valence-corrected chi connectivity index (χ2v) is 4.16. The molecule has 0 aliphatic carbocycles. The fraction of sp³-hybridized carbons (Fsp3) is 0.615. The number of ketones is 1. The van der Waals surface area contributed by atoms with E-state index in [-0.39, 0.29) is 5.78 Å². The Balaban J connectivity index is 2.13. The second kappa shape index (κ2) is 6.44. The summed E-state index contributed by atoms with van der Waals surface area (Å²) in [6.07, 6.45) is 6.73. The molecule has 0 aromatic carbocycles. The van der Waals surface area contributed by atoms with Crippen LogP contribution in [0.1, 0.15) is 56.5 Å². The first-order valence-electron chi connectivity index (χ1n) is 5.80. The largest absolute Gasteiger partial charge is 0.461 e. The first-order valence-corrected chi connectivity index (χ1v) is 5.80. The number of carbonyl (C=O) groups is 1. The molecular formula is C13H20O2. The zero-order chi connectivity index (χ0) is 11.1. The molecule has 0 spiro atoms. The summed E-state index contributed by atoms with van der Waals surface area (Å²) in [7, 11) is 0. The Morgan fingerprint density at radius 3 is 2.87 bits per heavy atom. The van der Waals surface area contributed by atoms with Crippen LogP contribution in [0.2, 0.25) is 0 Å². The predicted molar refractivity (Wildman–Crippen MR) is 61.0 cm³/mol. The Morgan fingerprint density at radius 2 is 2.27 bits per heavy atom. The third kappa shape index (κ3) is 4.32. The summed E-state index contributed by atoms with van der Waals surface area (Å²) in [4.78, 5) is 11.5. The lowest BCUT2D eigenvalue weighted by atomic mass is 10.00. The number of Topliss-reactive ketones (excluding diaryl/α,β-unsaturated/α-hetero) is 1. The number of carbonyl (C=O) groups excluding carboxylic acids is 1. The molecule has 0 saturated carbocycles. The Hall–Kier alpha value is -1.05. The molecule has 0 bridgehead atoms. The molecule has 0 fully saturated rings. The van der Waals surface area contributed by atoms with Gasteiger partial charge < -0.3 is 4.42 Å². The minimum atomic E-state index is 0.129. The summed E-state index contributed by atoms with van der Waals surface area (Å²) in [5.74, 6) is 1.41. The normalized spacial score (nSPS) is 12.7. The van der Waals surface area contributed by atoms with Gasteiger partial charge in [0.1, 0.15) is 0 Å². The Labute approximate surface area is 91.7 Å². The van der Waals surface area contributed by atoms with Crippen LogP contribution in [0, 0.1) is 5.92 Å². The van der Waals surface area contributed by atoms with Gasteiger partial charge in [-0.15, -0.1) is 0 Å². The Morgan fingerprint density at radius 1 is 1.47 bits per heavy atom. The van der Waals surface area contributed by atoms with E-state index in [9.17, 15) is 4.79 Å². The van der Waals surface area contributed by atoms with Crippen LogP contribution in [0.25, 0.3) is 0 Å². The second-order valence-electron chi connectivity index (χ2n) is 4.16. The molecule has 2 nitrogen and oxygen atoms in total. The first-order chi connectivity index (χ1) is 7.24. The van der Waals surface area contributed by atoms with Gasteiger partial charge in [0.25, 0.3) is 0 Å². The lowest BCUT2D eigenvalue weighted by molar-refractivity contribution is 0.0952. The molecule has 0 N–H and O–H groups in total. The smallest absolute Gasteiger partial charge is 0.197 e. The maximum absolute atomic E-state index is 11.5. The fourth-order valence-electron chi connectivity index (χ4n) is 1.54. The van der Waals surface area contributed by atoms with E-state index in [1.54, 1.807) is 18.4 Å². The van der Waals surface area contributed by atoms with Gasteiger partial charge >= 0.3 is 0 Å². The van der Waals surface area contributed by atoms with Crippen LogP contribution in [0.15, 0.2) is 22.8 Å². The molecule has 1 atom stereocenters. The maximum atomic E-state index is 11.5. The average Bonchev–Trinajstić information content (AvgIpc) is 2.77. The minimum absolute atomic E-state index is 0.129. The topological polar surface area (TPSA) is 30.2 Å². The van der Waals surface area contributed by atoms with Gasteiger partial charge in [-0.05, 0) is 24.5 Å². The van der Waals surface area contributed by atoms with Crippen molar-refractivity contribution in [2.24, 2.45) is 5.92 Å². The molecule has 0 saturated heterocycles. The third-order valence-electron chi connectivity index (χ3n) is 2.84. The van der Waals surface area contributed by atoms with E-state index in [2.05, 4.69) is 13.8 Å². The molecule has 1 aromatic rings. The highest BCUT2D eigenvalue weighted by Gasteiger charge is 2.08. The van der Waals surface area contributed by atoms with E-state index >= 15 is 0 Å². The van der Waals surface area contributed by atoms with Gasteiger partial charge in [0.15, 0.2) is 11.5 Å². The molecular weight excluding hydrogens is 188 g/mol. The molecule has 15 heavy (non-hydrogen) atoms. The molecule has 1 heterocycles. The monoisotopic (exact) mass is 208 g/mol. The highest BCUT2D eigenvalue weighted by molar-refractivity contribution is 5.93. The highest BCUT2D eigenvalue weighted by Crippen LogP contribution is 2.14. The lowest BCUT2D eigenvalue weighted by Gasteiger charge is -2.06. The predicted octanol–water partition coefficient (Wildman–Crippen LogP) is 4.07. The number of hydrogen-bond acceptors (Lipinski definition) is 2. The average molecular weight is 208 g/mol. The van der Waals surface area contributed by atoms with E-state index in [0.29, 0.717) is 12.2 Å². The van der Waals surface area contributed by atoms with Gasteiger partial charge in [0, 0.05) is 6.42 Å². The Bertz CT molecular complexity index is 275. The van der Waals surface area contributed by atoms with Crippen molar-refractivity contribution in [1.29, 1.82) is 0 Å². The zero-order valence-electron chi connectivity index (χ0n) is 9.66. The van der Waals surface area contributed by atoms with Crippen LogP contribution in [0.5, 0.6) is 0 Å². The number of hydrogen-bond donors (Lipinski definition) is 0. The lowest BCUT2D eigenvalue weighted by Crippen LogP contribution is -1.98. The SMILES string of the molecule is CCC(C)CCCCC(=O)c1ccco1. The number of furan rings is 1. The van der Waals surface area contributed by atoms with Gasteiger partial charge in [-0.3, -0.25) is 4.79 Å². The van der Waals surface area contributed by atoms with Crippen molar-refractivity contribution in [3.05, 3.63) is 24.2 Å². The van der Waals surface area contributed by atoms with E-state index in [0.717, 1.165) is 18.8 Å². The summed E-state index contributed by atoms with van der Waals surface area (Å²) >= 11 is 0. The van der Waals surface area contributed by atoms with Crippen LogP contribution in [0.4, 0.5) is 0 Å². The summed E-state index contributed by atoms with van der Waals surface area (Å²) in [5, 5.41) is 0. The number of unbranched alkanes of at least 4 members (excludes halogenated alkanes) is 1. The quantitative estimate of drug-likeness (QED) is 0.499. The minimum Gasteiger partial charge on any atom is -0.461 e. The molecule has 84 valence electrons. The van der Waals surface area contributed by atoms with Crippen molar-refractivity contribution >= 4 is 5.78 Å². The van der Waals surface area contributed by atoms with E-state index in [1.807, 2.05) is 0 Å². The molecule has 0 aliphatic heterocycles. The summed E-state index contributed by atoms with van der Waals surface area (Å²) in [6, 6.07) is 3.49.